The van der Waals surface area contributed by atoms with Gasteiger partial charge in [0.05, 0.1) is 11.3 Å². The zero-order valence-electron chi connectivity index (χ0n) is 18.2. The Morgan fingerprint density at radius 3 is 2.38 bits per heavy atom. The predicted molar refractivity (Wildman–Crippen MR) is 129 cm³/mol. The van der Waals surface area contributed by atoms with Crippen LogP contribution >= 0.6 is 0 Å². The van der Waals surface area contributed by atoms with Gasteiger partial charge in [0.15, 0.2) is 0 Å². The molecule has 2 amide bonds. The largest absolute Gasteiger partial charge is 0.346 e. The molecule has 2 N–H and O–H groups in total. The highest BCUT2D eigenvalue weighted by Crippen LogP contribution is 2.23. The maximum atomic E-state index is 13.0. The summed E-state index contributed by atoms with van der Waals surface area (Å²) < 4.78 is 2.20. The Bertz CT molecular complexity index is 1250. The summed E-state index contributed by atoms with van der Waals surface area (Å²) in [5, 5.41) is 6.86. The minimum Gasteiger partial charge on any atom is -0.346 e. The van der Waals surface area contributed by atoms with Gasteiger partial charge in [-0.05, 0) is 62.6 Å². The third-order valence-corrected chi connectivity index (χ3v) is 5.27. The Morgan fingerprint density at radius 1 is 0.844 bits per heavy atom. The van der Waals surface area contributed by atoms with E-state index in [1.54, 1.807) is 48.5 Å². The molecule has 0 unspecified atom stereocenters. The number of carbonyl (C=O) groups excluding carboxylic acids is 2. The first-order chi connectivity index (χ1) is 15.5. The maximum absolute atomic E-state index is 13.0. The third kappa shape index (κ3) is 4.87. The molecule has 4 aromatic rings. The number of fused-ring (bicyclic) bond motifs is 1. The molecule has 0 aliphatic carbocycles. The van der Waals surface area contributed by atoms with Crippen LogP contribution in [0.15, 0.2) is 85.1 Å². The van der Waals surface area contributed by atoms with E-state index >= 15 is 0 Å². The molecule has 32 heavy (non-hydrogen) atoms. The van der Waals surface area contributed by atoms with E-state index in [-0.39, 0.29) is 11.8 Å². The monoisotopic (exact) mass is 426 g/mol. The van der Waals surface area contributed by atoms with Gasteiger partial charge in [0.2, 0.25) is 0 Å². The fourth-order valence-corrected chi connectivity index (χ4v) is 3.55. The van der Waals surface area contributed by atoms with Crippen LogP contribution in [0.5, 0.6) is 0 Å². The second-order valence-electron chi connectivity index (χ2n) is 7.91. The fraction of sp³-hybridized carbons (Fsp3) is 0.154. The normalized spacial score (nSPS) is 11.0. The molecule has 0 aliphatic heterocycles. The summed E-state index contributed by atoms with van der Waals surface area (Å²) in [4.78, 5) is 27.7. The lowest BCUT2D eigenvalue weighted by atomic mass is 10.1. The SMILES string of the molecule is CN(C)CCn1ccc2cc(NC(=O)c3ccccc3NC(=O)c3ccccc3)ccc21. The molecular formula is C26H26N4O2. The lowest BCUT2D eigenvalue weighted by Crippen LogP contribution is -2.18. The minimum absolute atomic E-state index is 0.258. The van der Waals surface area contributed by atoms with E-state index in [0.717, 1.165) is 24.0 Å². The molecule has 1 aromatic heterocycles. The van der Waals surface area contributed by atoms with Crippen molar-refractivity contribution in [2.45, 2.75) is 6.54 Å². The van der Waals surface area contributed by atoms with Gasteiger partial charge in [0.1, 0.15) is 0 Å². The zero-order valence-corrected chi connectivity index (χ0v) is 18.2. The molecule has 6 heteroatoms. The first kappa shape index (κ1) is 21.3. The van der Waals surface area contributed by atoms with Gasteiger partial charge in [0, 0.05) is 41.4 Å². The highest BCUT2D eigenvalue weighted by atomic mass is 16.2. The van der Waals surface area contributed by atoms with Crippen LogP contribution in [0.3, 0.4) is 0 Å². The van der Waals surface area contributed by atoms with Crippen molar-refractivity contribution in [2.24, 2.45) is 0 Å². The number of amides is 2. The van der Waals surface area contributed by atoms with Crippen LogP contribution in [0, 0.1) is 0 Å². The lowest BCUT2D eigenvalue weighted by molar-refractivity contribution is 0.102. The Kier molecular flexibility index (Phi) is 6.33. The van der Waals surface area contributed by atoms with Crippen LogP contribution in [0.4, 0.5) is 11.4 Å². The van der Waals surface area contributed by atoms with Crippen LogP contribution in [0.25, 0.3) is 10.9 Å². The standard InChI is InChI=1S/C26H26N4O2/c1-29(2)16-17-30-15-14-20-18-21(12-13-24(20)30)27-26(32)22-10-6-7-11-23(22)28-25(31)19-8-4-3-5-9-19/h3-15,18H,16-17H2,1-2H3,(H,27,32)(H,28,31). The summed E-state index contributed by atoms with van der Waals surface area (Å²) in [6, 6.07) is 23.9. The van der Waals surface area contributed by atoms with E-state index < -0.39 is 0 Å². The molecule has 0 saturated carbocycles. The van der Waals surface area contributed by atoms with Crippen LogP contribution in [0.1, 0.15) is 20.7 Å². The zero-order chi connectivity index (χ0) is 22.5. The number of nitrogens with one attached hydrogen (secondary N) is 2. The van der Waals surface area contributed by atoms with E-state index in [0.29, 0.717) is 22.5 Å². The molecule has 0 saturated heterocycles. The Balaban J connectivity index is 1.50. The first-order valence-electron chi connectivity index (χ1n) is 10.5. The number of hydrogen-bond acceptors (Lipinski definition) is 3. The summed E-state index contributed by atoms with van der Waals surface area (Å²) >= 11 is 0. The number of nitrogens with zero attached hydrogens (tertiary/aromatic N) is 2. The average Bonchev–Trinajstić information content (AvgIpc) is 3.20. The van der Waals surface area contributed by atoms with Gasteiger partial charge in [-0.1, -0.05) is 30.3 Å². The third-order valence-electron chi connectivity index (χ3n) is 5.27. The van der Waals surface area contributed by atoms with Gasteiger partial charge in [0.25, 0.3) is 11.8 Å². The van der Waals surface area contributed by atoms with Gasteiger partial charge >= 0.3 is 0 Å². The number of hydrogen-bond donors (Lipinski definition) is 2. The first-order valence-corrected chi connectivity index (χ1v) is 10.5. The van der Waals surface area contributed by atoms with Gasteiger partial charge in [-0.2, -0.15) is 0 Å². The highest BCUT2D eigenvalue weighted by molar-refractivity contribution is 6.12. The van der Waals surface area contributed by atoms with Crippen molar-refractivity contribution in [1.29, 1.82) is 0 Å². The van der Waals surface area contributed by atoms with Crippen molar-refractivity contribution in [1.82, 2.24) is 9.47 Å². The molecule has 0 atom stereocenters. The topological polar surface area (TPSA) is 66.4 Å². The van der Waals surface area contributed by atoms with Gasteiger partial charge < -0.3 is 20.1 Å². The van der Waals surface area contributed by atoms with Crippen LogP contribution in [-0.4, -0.2) is 41.9 Å². The Hall–Kier alpha value is -3.90. The smallest absolute Gasteiger partial charge is 0.257 e. The maximum Gasteiger partial charge on any atom is 0.257 e. The quantitative estimate of drug-likeness (QED) is 0.450. The van der Waals surface area contributed by atoms with Crippen molar-refractivity contribution in [2.75, 3.05) is 31.3 Å². The number of rotatable bonds is 7. The molecule has 162 valence electrons. The average molecular weight is 427 g/mol. The number of likely N-dealkylation sites (N-methyl/N-ethyl adjacent to an activating group) is 1. The van der Waals surface area contributed by atoms with Crippen molar-refractivity contribution in [3.05, 3.63) is 96.2 Å². The fourth-order valence-electron chi connectivity index (χ4n) is 3.55. The summed E-state index contributed by atoms with van der Waals surface area (Å²) in [6.07, 6.45) is 2.06. The van der Waals surface area contributed by atoms with Gasteiger partial charge in [-0.25, -0.2) is 0 Å². The Labute approximate surface area is 187 Å². The van der Waals surface area contributed by atoms with Crippen molar-refractivity contribution >= 4 is 34.1 Å². The number of aromatic nitrogens is 1. The summed E-state index contributed by atoms with van der Waals surface area (Å²) in [6.45, 7) is 1.85. The molecule has 6 nitrogen and oxygen atoms in total. The molecule has 0 bridgehead atoms. The highest BCUT2D eigenvalue weighted by Gasteiger charge is 2.14. The molecular weight excluding hydrogens is 400 g/mol. The molecule has 3 aromatic carbocycles. The van der Waals surface area contributed by atoms with E-state index in [1.807, 2.05) is 24.3 Å². The van der Waals surface area contributed by atoms with Crippen molar-refractivity contribution in [3.63, 3.8) is 0 Å². The van der Waals surface area contributed by atoms with Crippen molar-refractivity contribution in [3.8, 4) is 0 Å². The molecule has 0 aliphatic rings. The minimum atomic E-state index is -0.277. The van der Waals surface area contributed by atoms with Crippen LogP contribution in [-0.2, 0) is 6.54 Å². The second-order valence-corrected chi connectivity index (χ2v) is 7.91. The van der Waals surface area contributed by atoms with Crippen molar-refractivity contribution < 1.29 is 9.59 Å². The predicted octanol–water partition coefficient (Wildman–Crippen LogP) is 4.71. The van der Waals surface area contributed by atoms with Crippen LogP contribution < -0.4 is 10.6 Å². The molecule has 0 radical (unpaired) electrons. The van der Waals surface area contributed by atoms with Gasteiger partial charge in [-0.3, -0.25) is 9.59 Å². The molecule has 0 spiro atoms. The van der Waals surface area contributed by atoms with E-state index in [2.05, 4.69) is 46.5 Å². The second kappa shape index (κ2) is 9.49. The molecule has 1 heterocycles. The molecule has 0 fully saturated rings. The number of anilines is 2. The summed E-state index contributed by atoms with van der Waals surface area (Å²) in [7, 11) is 4.11. The summed E-state index contributed by atoms with van der Waals surface area (Å²) in [5.74, 6) is -0.535. The number of para-hydroxylation sites is 1. The summed E-state index contributed by atoms with van der Waals surface area (Å²) in [5.41, 5.74) is 3.24. The number of benzene rings is 3. The van der Waals surface area contributed by atoms with E-state index in [1.165, 1.54) is 0 Å². The Morgan fingerprint density at radius 2 is 1.59 bits per heavy atom. The lowest BCUT2D eigenvalue weighted by Gasteiger charge is -2.13. The van der Waals surface area contributed by atoms with Crippen LogP contribution in [0.2, 0.25) is 0 Å². The molecule has 4 rings (SSSR count). The van der Waals surface area contributed by atoms with E-state index in [9.17, 15) is 9.59 Å². The van der Waals surface area contributed by atoms with E-state index in [4.69, 9.17) is 0 Å². The van der Waals surface area contributed by atoms with Gasteiger partial charge in [-0.15, -0.1) is 0 Å². The number of carbonyl (C=O) groups is 2.